The van der Waals surface area contributed by atoms with Gasteiger partial charge in [0, 0.05) is 12.7 Å². The first-order valence-corrected chi connectivity index (χ1v) is 6.73. The van der Waals surface area contributed by atoms with Crippen LogP contribution in [0.5, 0.6) is 0 Å². The van der Waals surface area contributed by atoms with E-state index >= 15 is 0 Å². The first-order valence-electron chi connectivity index (χ1n) is 5.98. The highest BCUT2D eigenvalue weighted by Gasteiger charge is 2.21. The molecule has 1 heterocycles. The lowest BCUT2D eigenvalue weighted by Crippen LogP contribution is -2.18. The molecule has 2 aromatic rings. The van der Waals surface area contributed by atoms with Crippen LogP contribution < -0.4 is 5.32 Å². The molecule has 2 N–H and O–H groups in total. The third kappa shape index (κ3) is 2.89. The molecule has 0 bridgehead atoms. The zero-order valence-electron chi connectivity index (χ0n) is 11.3. The number of carbonyl (C=O) groups is 2. The van der Waals surface area contributed by atoms with Crippen LogP contribution in [0.2, 0.25) is 10.0 Å². The molecule has 0 fully saturated rings. The molecule has 2 rings (SSSR count). The molecule has 0 aliphatic heterocycles. The van der Waals surface area contributed by atoms with Crippen molar-refractivity contribution in [2.24, 2.45) is 7.05 Å². The Bertz CT molecular complexity index is 738. The van der Waals surface area contributed by atoms with Crippen LogP contribution in [0.15, 0.2) is 24.3 Å². The molecule has 1 aromatic heterocycles. The van der Waals surface area contributed by atoms with Gasteiger partial charge in [0.05, 0.1) is 15.7 Å². The van der Waals surface area contributed by atoms with E-state index < -0.39 is 11.9 Å². The van der Waals surface area contributed by atoms with Gasteiger partial charge in [-0.05, 0) is 31.2 Å². The summed E-state index contributed by atoms with van der Waals surface area (Å²) in [6.45, 7) is 1.85. The molecule has 1 aromatic carbocycles. The minimum atomic E-state index is -1.26. The number of rotatable bonds is 3. The van der Waals surface area contributed by atoms with Gasteiger partial charge in [0.15, 0.2) is 0 Å². The number of halogens is 2. The molecule has 7 heteroatoms. The van der Waals surface area contributed by atoms with E-state index in [1.165, 1.54) is 12.1 Å². The summed E-state index contributed by atoms with van der Waals surface area (Å²) < 4.78 is 1.69. The monoisotopic (exact) mass is 326 g/mol. The quantitative estimate of drug-likeness (QED) is 0.905. The number of nitrogens with one attached hydrogen (secondary N) is 1. The van der Waals surface area contributed by atoms with Gasteiger partial charge in [-0.25, -0.2) is 4.79 Å². The van der Waals surface area contributed by atoms with Crippen LogP contribution >= 0.6 is 23.2 Å². The molecule has 0 aliphatic rings. The number of hydrogen-bond acceptors (Lipinski definition) is 2. The lowest BCUT2D eigenvalue weighted by atomic mass is 10.1. The van der Waals surface area contributed by atoms with Crippen LogP contribution in [-0.4, -0.2) is 21.6 Å². The highest BCUT2D eigenvalue weighted by Crippen LogP contribution is 2.32. The van der Waals surface area contributed by atoms with Crippen molar-refractivity contribution in [1.82, 2.24) is 4.57 Å². The van der Waals surface area contributed by atoms with Gasteiger partial charge < -0.3 is 15.0 Å². The summed E-state index contributed by atoms with van der Waals surface area (Å²) in [6.07, 6.45) is 0. The summed E-state index contributed by atoms with van der Waals surface area (Å²) in [5.74, 6) is -1.72. The van der Waals surface area contributed by atoms with Crippen molar-refractivity contribution in [3.63, 3.8) is 0 Å². The summed E-state index contributed by atoms with van der Waals surface area (Å²) in [7, 11) is 1.74. The summed E-state index contributed by atoms with van der Waals surface area (Å²) >= 11 is 11.8. The number of amides is 1. The molecule has 0 aliphatic carbocycles. The molecule has 0 saturated heterocycles. The van der Waals surface area contributed by atoms with E-state index in [0.717, 1.165) is 5.69 Å². The van der Waals surface area contributed by atoms with Gasteiger partial charge in [0.1, 0.15) is 11.3 Å². The Labute approximate surface area is 131 Å². The predicted octanol–water partition coefficient (Wildman–Crippen LogP) is 3.59. The number of aryl methyl sites for hydroxylation is 1. The molecule has 0 unspecified atom stereocenters. The molecular weight excluding hydrogens is 315 g/mol. The Balaban J connectivity index is 2.44. The smallest absolute Gasteiger partial charge is 0.339 e. The number of nitrogens with zero attached hydrogens (tertiary/aromatic N) is 1. The molecule has 1 amide bonds. The number of hydrogen-bond donors (Lipinski definition) is 2. The second kappa shape index (κ2) is 5.79. The Morgan fingerprint density at radius 2 is 1.76 bits per heavy atom. The zero-order valence-corrected chi connectivity index (χ0v) is 12.8. The van der Waals surface area contributed by atoms with Gasteiger partial charge in [-0.1, -0.05) is 23.2 Å². The van der Waals surface area contributed by atoms with Crippen molar-refractivity contribution < 1.29 is 14.7 Å². The van der Waals surface area contributed by atoms with Crippen LogP contribution in [0.1, 0.15) is 26.5 Å². The largest absolute Gasteiger partial charge is 0.478 e. The van der Waals surface area contributed by atoms with Crippen molar-refractivity contribution in [1.29, 1.82) is 0 Å². The Morgan fingerprint density at radius 3 is 2.29 bits per heavy atom. The number of anilines is 1. The minimum Gasteiger partial charge on any atom is -0.478 e. The summed E-state index contributed by atoms with van der Waals surface area (Å²) in [4.78, 5) is 23.5. The maximum atomic E-state index is 12.3. The lowest BCUT2D eigenvalue weighted by Gasteiger charge is -2.12. The first-order chi connectivity index (χ1) is 9.82. The van der Waals surface area contributed by atoms with Gasteiger partial charge in [0.2, 0.25) is 0 Å². The second-order valence-electron chi connectivity index (χ2n) is 4.46. The van der Waals surface area contributed by atoms with E-state index in [0.29, 0.717) is 5.69 Å². The Kier molecular flexibility index (Phi) is 4.25. The van der Waals surface area contributed by atoms with Crippen molar-refractivity contribution in [2.45, 2.75) is 6.92 Å². The highest BCUT2D eigenvalue weighted by molar-refractivity contribution is 6.38. The van der Waals surface area contributed by atoms with E-state index in [2.05, 4.69) is 5.32 Å². The fraction of sp³-hybridized carbons (Fsp3) is 0.143. The molecule has 5 nitrogen and oxygen atoms in total. The highest BCUT2D eigenvalue weighted by atomic mass is 35.5. The minimum absolute atomic E-state index is 0.00487. The fourth-order valence-corrected chi connectivity index (χ4v) is 2.34. The normalized spacial score (nSPS) is 10.5. The summed E-state index contributed by atoms with van der Waals surface area (Å²) in [6, 6.07) is 6.23. The van der Waals surface area contributed by atoms with Crippen LogP contribution in [0.3, 0.4) is 0 Å². The number of carbonyl (C=O) groups excluding carboxylic acids is 1. The van der Waals surface area contributed by atoms with E-state index in [4.69, 9.17) is 23.2 Å². The van der Waals surface area contributed by atoms with Crippen molar-refractivity contribution in [3.8, 4) is 0 Å². The molecule has 0 radical (unpaired) electrons. The number of benzene rings is 1. The van der Waals surface area contributed by atoms with Crippen molar-refractivity contribution >= 4 is 40.8 Å². The molecule has 0 saturated carbocycles. The standard InChI is InChI=1S/C14H12Cl2N2O3/c1-7-3-6-10(18(7)2)13(19)17-12-9(16)5-4-8(15)11(12)14(20)21/h3-6H,1-2H3,(H,17,19)(H,20,21). The van der Waals surface area contributed by atoms with E-state index in [1.54, 1.807) is 23.7 Å². The second-order valence-corrected chi connectivity index (χ2v) is 5.27. The lowest BCUT2D eigenvalue weighted by molar-refractivity contribution is 0.0698. The van der Waals surface area contributed by atoms with E-state index in [9.17, 15) is 14.7 Å². The van der Waals surface area contributed by atoms with Gasteiger partial charge in [-0.2, -0.15) is 0 Å². The summed E-state index contributed by atoms with van der Waals surface area (Å²) in [5.41, 5.74) is 1.04. The van der Waals surface area contributed by atoms with Gasteiger partial charge >= 0.3 is 5.97 Å². The van der Waals surface area contributed by atoms with Crippen molar-refractivity contribution in [3.05, 3.63) is 51.3 Å². The van der Waals surface area contributed by atoms with Gasteiger partial charge in [-0.15, -0.1) is 0 Å². The Morgan fingerprint density at radius 1 is 1.14 bits per heavy atom. The zero-order chi connectivity index (χ0) is 15.7. The topological polar surface area (TPSA) is 71.3 Å². The first kappa shape index (κ1) is 15.4. The van der Waals surface area contributed by atoms with Crippen molar-refractivity contribution in [2.75, 3.05) is 5.32 Å². The maximum Gasteiger partial charge on any atom is 0.339 e. The molecular formula is C14H12Cl2N2O3. The van der Waals surface area contributed by atoms with Crippen LogP contribution in [0.25, 0.3) is 0 Å². The third-order valence-electron chi connectivity index (χ3n) is 3.16. The van der Waals surface area contributed by atoms with Crippen LogP contribution in [0.4, 0.5) is 5.69 Å². The predicted molar refractivity (Wildman–Crippen MR) is 81.5 cm³/mol. The molecule has 0 spiro atoms. The number of aromatic carboxylic acids is 1. The van der Waals surface area contributed by atoms with E-state index in [-0.39, 0.29) is 21.3 Å². The van der Waals surface area contributed by atoms with Crippen LogP contribution in [-0.2, 0) is 7.05 Å². The number of carboxylic acids is 1. The molecule has 21 heavy (non-hydrogen) atoms. The fourth-order valence-electron chi connectivity index (χ4n) is 1.90. The molecule has 0 atom stereocenters. The average Bonchev–Trinajstić information content (AvgIpc) is 2.74. The van der Waals surface area contributed by atoms with Gasteiger partial charge in [0.25, 0.3) is 5.91 Å². The van der Waals surface area contributed by atoms with E-state index in [1.807, 2.05) is 6.92 Å². The summed E-state index contributed by atoms with van der Waals surface area (Å²) in [5, 5.41) is 11.8. The third-order valence-corrected chi connectivity index (χ3v) is 3.79. The Hall–Kier alpha value is -1.98. The van der Waals surface area contributed by atoms with Crippen LogP contribution in [0, 0.1) is 6.92 Å². The average molecular weight is 327 g/mol. The number of aromatic nitrogens is 1. The van der Waals surface area contributed by atoms with Gasteiger partial charge in [-0.3, -0.25) is 4.79 Å². The SMILES string of the molecule is Cc1ccc(C(=O)Nc2c(Cl)ccc(Cl)c2C(=O)O)n1C. The number of carboxylic acid groups (broad SMARTS) is 1. The molecule has 110 valence electrons. The maximum absolute atomic E-state index is 12.3.